The van der Waals surface area contributed by atoms with Gasteiger partial charge >= 0.3 is 0 Å². The highest BCUT2D eigenvalue weighted by atomic mass is 32.1. The molecular weight excluding hydrogens is 561 g/mol. The van der Waals surface area contributed by atoms with E-state index < -0.39 is 0 Å². The third-order valence-electron chi connectivity index (χ3n) is 7.48. The summed E-state index contributed by atoms with van der Waals surface area (Å²) in [6.07, 6.45) is 0. The van der Waals surface area contributed by atoms with Crippen LogP contribution in [0.4, 0.5) is 0 Å². The molecule has 0 aliphatic rings. The maximum atomic E-state index is 6.57. The Kier molecular flexibility index (Phi) is 5.13. The van der Waals surface area contributed by atoms with E-state index in [0.29, 0.717) is 11.7 Å². The second-order valence-corrected chi connectivity index (χ2v) is 11.8. The van der Waals surface area contributed by atoms with E-state index in [-0.39, 0.29) is 0 Å². The topological polar surface area (TPSA) is 77.8 Å². The number of furan rings is 1. The average molecular weight is 579 g/mol. The molecule has 9 aromatic rings. The number of fused-ring (bicyclic) bond motifs is 4. The first-order valence-electron chi connectivity index (χ1n) is 13.4. The zero-order chi connectivity index (χ0) is 27.6. The van der Waals surface area contributed by atoms with E-state index in [0.717, 1.165) is 75.3 Å². The van der Waals surface area contributed by atoms with Crippen LogP contribution < -0.4 is 0 Å². The Hall–Kier alpha value is -5.18. The fourth-order valence-corrected chi connectivity index (χ4v) is 7.20. The Morgan fingerprint density at radius 2 is 1.36 bits per heavy atom. The molecule has 198 valence electrons. The standard InChI is InChI=1S/C34H18N4O2S2/c1-4-12-25-19(8-1)18-27(39-25)30-22(33-35-23-10-2-5-13-26(23)40-33)17-16-20(21-9-7-15-29-32(21)37-38-42-29)31(30)34-36-24-11-3-6-14-28(24)41-34/h1-18H. The molecule has 42 heavy (non-hydrogen) atoms. The molecule has 0 bridgehead atoms. The lowest BCUT2D eigenvalue weighted by Crippen LogP contribution is -1.94. The molecule has 0 radical (unpaired) electrons. The molecule has 0 atom stereocenters. The van der Waals surface area contributed by atoms with Gasteiger partial charge in [0.15, 0.2) is 5.58 Å². The molecule has 0 aliphatic carbocycles. The molecular formula is C34H18N4O2S2. The van der Waals surface area contributed by atoms with Gasteiger partial charge in [0, 0.05) is 27.6 Å². The van der Waals surface area contributed by atoms with Crippen molar-refractivity contribution < 1.29 is 8.83 Å². The van der Waals surface area contributed by atoms with Gasteiger partial charge in [-0.05, 0) is 65.6 Å². The Morgan fingerprint density at radius 1 is 0.571 bits per heavy atom. The van der Waals surface area contributed by atoms with Crippen LogP contribution in [0.25, 0.3) is 87.0 Å². The summed E-state index contributed by atoms with van der Waals surface area (Å²) in [5, 5.41) is 6.41. The summed E-state index contributed by atoms with van der Waals surface area (Å²) in [7, 11) is 0. The van der Waals surface area contributed by atoms with Crippen molar-refractivity contribution in [2.45, 2.75) is 0 Å². The number of hydrogen-bond donors (Lipinski definition) is 0. The van der Waals surface area contributed by atoms with E-state index in [1.54, 1.807) is 11.3 Å². The van der Waals surface area contributed by atoms with Gasteiger partial charge in [-0.3, -0.25) is 0 Å². The molecule has 8 heteroatoms. The number of nitrogens with zero attached hydrogens (tertiary/aromatic N) is 4. The lowest BCUT2D eigenvalue weighted by molar-refractivity contribution is 0.616. The van der Waals surface area contributed by atoms with E-state index in [4.69, 9.17) is 18.8 Å². The largest absolute Gasteiger partial charge is 0.456 e. The average Bonchev–Trinajstić information content (AvgIpc) is 3.84. The molecule has 0 amide bonds. The summed E-state index contributed by atoms with van der Waals surface area (Å²) in [6, 6.07) is 36.5. The Bertz CT molecular complexity index is 2350. The monoisotopic (exact) mass is 578 g/mol. The van der Waals surface area contributed by atoms with Crippen molar-refractivity contribution in [3.63, 3.8) is 0 Å². The maximum absolute atomic E-state index is 6.57. The zero-order valence-electron chi connectivity index (χ0n) is 21.8. The Balaban J connectivity index is 1.44. The predicted octanol–water partition coefficient (Wildman–Crippen LogP) is 9.86. The highest BCUT2D eigenvalue weighted by molar-refractivity contribution is 7.21. The van der Waals surface area contributed by atoms with Crippen LogP contribution in [0.1, 0.15) is 0 Å². The lowest BCUT2D eigenvalue weighted by Gasteiger charge is -2.16. The first kappa shape index (κ1) is 23.5. The molecule has 0 saturated carbocycles. The number of benzene rings is 5. The Morgan fingerprint density at radius 3 is 2.24 bits per heavy atom. The molecule has 0 fully saturated rings. The highest BCUT2D eigenvalue weighted by Gasteiger charge is 2.27. The quantitative estimate of drug-likeness (QED) is 0.207. The summed E-state index contributed by atoms with van der Waals surface area (Å²) in [4.78, 5) is 10.0. The van der Waals surface area contributed by atoms with Crippen LogP contribution in [0.15, 0.2) is 118 Å². The molecule has 5 aromatic carbocycles. The van der Waals surface area contributed by atoms with E-state index in [9.17, 15) is 0 Å². The molecule has 0 unspecified atom stereocenters. The van der Waals surface area contributed by atoms with Crippen LogP contribution in [0, 0.1) is 0 Å². The fourth-order valence-electron chi connectivity index (χ4n) is 5.58. The molecule has 6 nitrogen and oxygen atoms in total. The second-order valence-electron chi connectivity index (χ2n) is 9.96. The van der Waals surface area contributed by atoms with Gasteiger partial charge in [0.25, 0.3) is 0 Å². The van der Waals surface area contributed by atoms with Gasteiger partial charge < -0.3 is 8.83 Å². The van der Waals surface area contributed by atoms with Crippen molar-refractivity contribution >= 4 is 65.4 Å². The van der Waals surface area contributed by atoms with Gasteiger partial charge in [0.05, 0.1) is 14.9 Å². The predicted molar refractivity (Wildman–Crippen MR) is 170 cm³/mol. The minimum Gasteiger partial charge on any atom is -0.456 e. The summed E-state index contributed by atoms with van der Waals surface area (Å²) in [5.74, 6) is 1.24. The van der Waals surface area contributed by atoms with Crippen molar-refractivity contribution in [1.29, 1.82) is 0 Å². The van der Waals surface area contributed by atoms with E-state index in [1.807, 2.05) is 66.7 Å². The molecule has 4 heterocycles. The van der Waals surface area contributed by atoms with Crippen LogP contribution >= 0.6 is 22.9 Å². The van der Waals surface area contributed by atoms with Crippen molar-refractivity contribution in [3.05, 3.63) is 109 Å². The number of para-hydroxylation sites is 4. The van der Waals surface area contributed by atoms with Crippen molar-refractivity contribution in [2.24, 2.45) is 0 Å². The van der Waals surface area contributed by atoms with Gasteiger partial charge in [-0.1, -0.05) is 65.2 Å². The van der Waals surface area contributed by atoms with Crippen LogP contribution in [0.5, 0.6) is 0 Å². The third kappa shape index (κ3) is 3.62. The molecule has 0 spiro atoms. The number of aromatic nitrogens is 4. The zero-order valence-corrected chi connectivity index (χ0v) is 23.4. The van der Waals surface area contributed by atoms with Crippen LogP contribution in [0.3, 0.4) is 0 Å². The third-order valence-corrected chi connectivity index (χ3v) is 9.22. The summed E-state index contributed by atoms with van der Waals surface area (Å²) < 4.78 is 19.3. The molecule has 4 aromatic heterocycles. The number of oxazole rings is 1. The molecule has 0 saturated heterocycles. The van der Waals surface area contributed by atoms with Crippen LogP contribution in [-0.2, 0) is 0 Å². The SMILES string of the molecule is c1ccc2oc(-c3c(-c4nc5ccccc5o4)ccc(-c4cccc5snnc45)c3-c3nc4ccccc4s3)cc2c1. The number of thiazole rings is 1. The summed E-state index contributed by atoms with van der Waals surface area (Å²) in [5.41, 5.74) is 8.74. The van der Waals surface area contributed by atoms with E-state index in [1.165, 1.54) is 11.5 Å². The minimum atomic E-state index is 0.522. The summed E-state index contributed by atoms with van der Waals surface area (Å²) >= 11 is 3.04. The normalized spacial score (nSPS) is 11.8. The fraction of sp³-hybridized carbons (Fsp3) is 0. The smallest absolute Gasteiger partial charge is 0.228 e. The summed E-state index contributed by atoms with van der Waals surface area (Å²) in [6.45, 7) is 0. The Labute approximate surface area is 246 Å². The first-order chi connectivity index (χ1) is 20.8. The minimum absolute atomic E-state index is 0.522. The number of hydrogen-bond acceptors (Lipinski definition) is 8. The lowest BCUT2D eigenvalue weighted by atomic mass is 9.90. The van der Waals surface area contributed by atoms with Crippen LogP contribution in [-0.4, -0.2) is 19.6 Å². The van der Waals surface area contributed by atoms with Crippen molar-refractivity contribution in [3.8, 4) is 44.5 Å². The van der Waals surface area contributed by atoms with Gasteiger partial charge in [-0.15, -0.1) is 16.4 Å². The first-order valence-corrected chi connectivity index (χ1v) is 15.0. The maximum Gasteiger partial charge on any atom is 0.228 e. The van der Waals surface area contributed by atoms with Gasteiger partial charge in [-0.2, -0.15) is 0 Å². The van der Waals surface area contributed by atoms with Crippen molar-refractivity contribution in [2.75, 3.05) is 0 Å². The van der Waals surface area contributed by atoms with Gasteiger partial charge in [-0.25, -0.2) is 9.97 Å². The van der Waals surface area contributed by atoms with Gasteiger partial charge in [0.1, 0.15) is 27.4 Å². The van der Waals surface area contributed by atoms with E-state index in [2.05, 4.69) is 52.1 Å². The van der Waals surface area contributed by atoms with Crippen LogP contribution in [0.2, 0.25) is 0 Å². The van der Waals surface area contributed by atoms with Gasteiger partial charge in [0.2, 0.25) is 5.89 Å². The number of rotatable bonds is 4. The second kappa shape index (κ2) is 9.17. The highest BCUT2D eigenvalue weighted by Crippen LogP contribution is 2.49. The molecule has 0 N–H and O–H groups in total. The van der Waals surface area contributed by atoms with E-state index >= 15 is 0 Å². The molecule has 0 aliphatic heterocycles. The molecule has 9 rings (SSSR count). The van der Waals surface area contributed by atoms with Crippen molar-refractivity contribution in [1.82, 2.24) is 19.6 Å².